The van der Waals surface area contributed by atoms with E-state index in [-0.39, 0.29) is 37.4 Å². The van der Waals surface area contributed by atoms with Crippen LogP contribution in [-0.2, 0) is 28.5 Å². The quantitative estimate of drug-likeness (QED) is 0.265. The second-order valence-corrected chi connectivity index (χ2v) is 10.6. The molecule has 0 N–H and O–H groups in total. The van der Waals surface area contributed by atoms with Crippen molar-refractivity contribution in [2.75, 3.05) is 27.4 Å². The van der Waals surface area contributed by atoms with Gasteiger partial charge < -0.3 is 18.9 Å². The molecule has 6 atom stereocenters. The number of rotatable bonds is 16. The van der Waals surface area contributed by atoms with Crippen molar-refractivity contribution in [2.45, 2.75) is 105 Å². The van der Waals surface area contributed by atoms with Crippen LogP contribution in [0.3, 0.4) is 0 Å². The molecule has 0 aliphatic heterocycles. The summed E-state index contributed by atoms with van der Waals surface area (Å²) in [4.78, 5) is 25.7. The van der Waals surface area contributed by atoms with E-state index in [0.29, 0.717) is 18.8 Å². The van der Waals surface area contributed by atoms with Gasteiger partial charge >= 0.3 is 11.9 Å². The van der Waals surface area contributed by atoms with Crippen molar-refractivity contribution in [3.05, 3.63) is 0 Å². The zero-order valence-corrected chi connectivity index (χ0v) is 22.3. The highest BCUT2D eigenvalue weighted by atomic mass is 16.6. The van der Waals surface area contributed by atoms with Crippen LogP contribution in [0, 0.1) is 29.6 Å². The van der Waals surface area contributed by atoms with Crippen LogP contribution in [0.5, 0.6) is 0 Å². The smallest absolute Gasteiger partial charge is 0.309 e. The van der Waals surface area contributed by atoms with E-state index < -0.39 is 11.8 Å². The predicted molar refractivity (Wildman–Crippen MR) is 131 cm³/mol. The maximum atomic E-state index is 12.9. The maximum absolute atomic E-state index is 12.9. The summed E-state index contributed by atoms with van der Waals surface area (Å²) in [5.41, 5.74) is 0. The minimum absolute atomic E-state index is 0.166. The summed E-state index contributed by atoms with van der Waals surface area (Å²) < 4.78 is 21.4. The number of esters is 2. The van der Waals surface area contributed by atoms with Gasteiger partial charge in [0.2, 0.25) is 0 Å². The Labute approximate surface area is 202 Å². The number of carbonyl (C=O) groups excluding carboxylic acids is 2. The Kier molecular flexibility index (Phi) is 14.9. The summed E-state index contributed by atoms with van der Waals surface area (Å²) in [5.74, 6) is 0.485. The lowest BCUT2D eigenvalue weighted by Gasteiger charge is -2.34. The van der Waals surface area contributed by atoms with E-state index in [1.54, 1.807) is 14.2 Å². The normalized spacial score (nSPS) is 23.7. The molecule has 0 aromatic rings. The average molecular weight is 471 g/mol. The topological polar surface area (TPSA) is 71.1 Å². The van der Waals surface area contributed by atoms with Gasteiger partial charge in [-0.05, 0) is 50.9 Å². The maximum Gasteiger partial charge on any atom is 0.309 e. The lowest BCUT2D eigenvalue weighted by molar-refractivity contribution is -0.167. The third-order valence-electron chi connectivity index (χ3n) is 7.08. The fraction of sp³-hybridized carbons (Fsp3) is 0.926. The number of hydrogen-bond acceptors (Lipinski definition) is 6. The lowest BCUT2D eigenvalue weighted by Crippen LogP contribution is -2.39. The first-order valence-corrected chi connectivity index (χ1v) is 13.1. The van der Waals surface area contributed by atoms with Crippen molar-refractivity contribution >= 4 is 11.9 Å². The van der Waals surface area contributed by atoms with Crippen molar-refractivity contribution in [3.8, 4) is 0 Å². The van der Waals surface area contributed by atoms with Crippen LogP contribution in [0.4, 0.5) is 0 Å². The Balaban J connectivity index is 2.61. The predicted octanol–water partition coefficient (Wildman–Crippen LogP) is 5.81. The van der Waals surface area contributed by atoms with Gasteiger partial charge in [-0.25, -0.2) is 0 Å². The number of ether oxygens (including phenoxy) is 4. The van der Waals surface area contributed by atoms with Gasteiger partial charge in [-0.1, -0.05) is 59.3 Å². The van der Waals surface area contributed by atoms with Gasteiger partial charge in [-0.2, -0.15) is 0 Å². The molecule has 1 saturated carbocycles. The number of carbonyl (C=O) groups is 2. The van der Waals surface area contributed by atoms with Crippen molar-refractivity contribution in [2.24, 2.45) is 29.6 Å². The standard InChI is InChI=1S/C27H50O6/c1-19(2)10-8-11-20(3)12-9-13-23-14-15-24(26(28)32-17-21(4)30-6)25(16-23)27(29)33-18-22(5)31-7/h19-25H,8-18H2,1-7H3. The molecule has 0 aromatic carbocycles. The molecule has 0 amide bonds. The van der Waals surface area contributed by atoms with Crippen LogP contribution >= 0.6 is 0 Å². The van der Waals surface area contributed by atoms with E-state index in [2.05, 4.69) is 20.8 Å². The summed E-state index contributed by atoms with van der Waals surface area (Å²) in [6.45, 7) is 11.0. The Bertz CT molecular complexity index is 549. The highest BCUT2D eigenvalue weighted by Crippen LogP contribution is 2.38. The van der Waals surface area contributed by atoms with Gasteiger partial charge in [0.15, 0.2) is 0 Å². The molecule has 1 aliphatic rings. The van der Waals surface area contributed by atoms with Crippen LogP contribution in [0.15, 0.2) is 0 Å². The first-order valence-electron chi connectivity index (χ1n) is 13.1. The molecule has 33 heavy (non-hydrogen) atoms. The molecule has 0 heterocycles. The van der Waals surface area contributed by atoms with Crippen molar-refractivity contribution in [1.29, 1.82) is 0 Å². The van der Waals surface area contributed by atoms with Crippen molar-refractivity contribution < 1.29 is 28.5 Å². The molecule has 1 fully saturated rings. The number of methoxy groups -OCH3 is 2. The van der Waals surface area contributed by atoms with E-state index in [1.807, 2.05) is 13.8 Å². The van der Waals surface area contributed by atoms with Crippen LogP contribution in [0.1, 0.15) is 92.4 Å². The Morgan fingerprint density at radius 3 is 1.85 bits per heavy atom. The van der Waals surface area contributed by atoms with Crippen molar-refractivity contribution in [1.82, 2.24) is 0 Å². The molecular weight excluding hydrogens is 420 g/mol. The monoisotopic (exact) mass is 470 g/mol. The van der Waals surface area contributed by atoms with E-state index in [9.17, 15) is 9.59 Å². The van der Waals surface area contributed by atoms with Gasteiger partial charge in [0.05, 0.1) is 24.0 Å². The molecule has 0 aromatic heterocycles. The summed E-state index contributed by atoms with van der Waals surface area (Å²) in [5, 5.41) is 0. The van der Waals surface area contributed by atoms with E-state index in [4.69, 9.17) is 18.9 Å². The van der Waals surface area contributed by atoms with Crippen molar-refractivity contribution in [3.63, 3.8) is 0 Å². The molecule has 6 nitrogen and oxygen atoms in total. The third kappa shape index (κ3) is 12.2. The zero-order valence-electron chi connectivity index (χ0n) is 22.3. The van der Waals surface area contributed by atoms with Gasteiger partial charge in [-0.3, -0.25) is 9.59 Å². The first kappa shape index (κ1) is 29.9. The van der Waals surface area contributed by atoms with Crippen LogP contribution in [0.2, 0.25) is 0 Å². The zero-order chi connectivity index (χ0) is 24.8. The molecule has 0 saturated heterocycles. The van der Waals surface area contributed by atoms with Gasteiger partial charge in [0.1, 0.15) is 13.2 Å². The van der Waals surface area contributed by atoms with Crippen LogP contribution in [-0.4, -0.2) is 51.6 Å². The van der Waals surface area contributed by atoms with Crippen LogP contribution in [0.25, 0.3) is 0 Å². The third-order valence-corrected chi connectivity index (χ3v) is 7.08. The lowest BCUT2D eigenvalue weighted by atomic mass is 9.72. The minimum atomic E-state index is -0.443. The largest absolute Gasteiger partial charge is 0.463 e. The molecule has 6 unspecified atom stereocenters. The summed E-state index contributed by atoms with van der Waals surface area (Å²) in [7, 11) is 3.18. The summed E-state index contributed by atoms with van der Waals surface area (Å²) in [6.07, 6.45) is 9.42. The highest BCUT2D eigenvalue weighted by molar-refractivity contribution is 5.82. The fourth-order valence-electron chi connectivity index (χ4n) is 4.59. The second kappa shape index (κ2) is 16.5. The Morgan fingerprint density at radius 1 is 0.758 bits per heavy atom. The molecule has 194 valence electrons. The van der Waals surface area contributed by atoms with Gasteiger partial charge in [0.25, 0.3) is 0 Å². The molecule has 1 rings (SSSR count). The second-order valence-electron chi connectivity index (χ2n) is 10.6. The molecule has 1 aliphatic carbocycles. The molecule has 0 bridgehead atoms. The molecule has 0 radical (unpaired) electrons. The first-order chi connectivity index (χ1) is 15.7. The van der Waals surface area contributed by atoms with E-state index >= 15 is 0 Å². The van der Waals surface area contributed by atoms with Gasteiger partial charge in [0, 0.05) is 14.2 Å². The fourth-order valence-corrected chi connectivity index (χ4v) is 4.59. The van der Waals surface area contributed by atoms with E-state index in [1.165, 1.54) is 32.1 Å². The summed E-state index contributed by atoms with van der Waals surface area (Å²) >= 11 is 0. The van der Waals surface area contributed by atoms with E-state index in [0.717, 1.165) is 24.7 Å². The van der Waals surface area contributed by atoms with Gasteiger partial charge in [-0.15, -0.1) is 0 Å². The molecule has 6 heteroatoms. The molecular formula is C27H50O6. The Morgan fingerprint density at radius 2 is 1.30 bits per heavy atom. The highest BCUT2D eigenvalue weighted by Gasteiger charge is 2.41. The molecule has 0 spiro atoms. The average Bonchev–Trinajstić information content (AvgIpc) is 2.80. The Hall–Kier alpha value is -1.14. The van der Waals surface area contributed by atoms with Crippen LogP contribution < -0.4 is 0 Å². The SMILES string of the molecule is COC(C)COC(=O)C1CCC(CCCC(C)CCCC(C)C)CC1C(=O)OCC(C)OC. The minimum Gasteiger partial charge on any atom is -0.463 e. The summed E-state index contributed by atoms with van der Waals surface area (Å²) in [6, 6.07) is 0. The number of hydrogen-bond donors (Lipinski definition) is 0.